The molecule has 6 nitrogen and oxygen atoms in total. The van der Waals surface area contributed by atoms with E-state index >= 15 is 0 Å². The monoisotopic (exact) mass is 326 g/mol. The lowest BCUT2D eigenvalue weighted by atomic mass is 10.0. The van der Waals surface area contributed by atoms with E-state index in [1.54, 1.807) is 6.92 Å². The number of nitrogens with zero attached hydrogens (tertiary/aromatic N) is 2. The van der Waals surface area contributed by atoms with Crippen molar-refractivity contribution in [3.63, 3.8) is 0 Å². The average molecular weight is 327 g/mol. The van der Waals surface area contributed by atoms with Crippen molar-refractivity contribution in [1.82, 2.24) is 0 Å². The number of hydrogen-bond acceptors (Lipinski definition) is 5. The van der Waals surface area contributed by atoms with Gasteiger partial charge in [0.2, 0.25) is 0 Å². The summed E-state index contributed by atoms with van der Waals surface area (Å²) < 4.78 is 4.81. The van der Waals surface area contributed by atoms with Gasteiger partial charge in [0.05, 0.1) is 29.6 Å². The van der Waals surface area contributed by atoms with Crippen molar-refractivity contribution in [3.8, 4) is 6.07 Å². The molecule has 1 aromatic carbocycles. The van der Waals surface area contributed by atoms with Crippen LogP contribution in [0.3, 0.4) is 0 Å². The van der Waals surface area contributed by atoms with Crippen LogP contribution >= 0.6 is 15.9 Å². The summed E-state index contributed by atoms with van der Waals surface area (Å²) >= 11 is 3.16. The fraction of sp³-hybridized carbons (Fsp3) is 0.333. The van der Waals surface area contributed by atoms with Gasteiger partial charge in [-0.2, -0.15) is 5.26 Å². The number of nitro benzene ring substituents is 1. The Labute approximate surface area is 118 Å². The summed E-state index contributed by atoms with van der Waals surface area (Å²) in [5, 5.41) is 20.1. The smallest absolute Gasteiger partial charge is 0.310 e. The van der Waals surface area contributed by atoms with Crippen LogP contribution in [-0.4, -0.2) is 17.5 Å². The van der Waals surface area contributed by atoms with Crippen LogP contribution in [0.4, 0.5) is 5.69 Å². The van der Waals surface area contributed by atoms with Gasteiger partial charge in [-0.1, -0.05) is 15.9 Å². The molecule has 7 heteroatoms. The standard InChI is InChI=1S/C12H11BrN2O4/c1-2-19-12(16)5-9-3-8(7-14)4-11(15(17)18)10(9)6-13/h3-4H,2,5-6H2,1H3. The average Bonchev–Trinajstić information content (AvgIpc) is 2.37. The van der Waals surface area contributed by atoms with Crippen molar-refractivity contribution in [3.05, 3.63) is 38.9 Å². The summed E-state index contributed by atoms with van der Waals surface area (Å²) in [5.41, 5.74) is 0.795. The molecule has 0 spiro atoms. The number of alkyl halides is 1. The Morgan fingerprint density at radius 1 is 1.58 bits per heavy atom. The second-order valence-electron chi connectivity index (χ2n) is 3.62. The maximum Gasteiger partial charge on any atom is 0.310 e. The van der Waals surface area contributed by atoms with E-state index in [4.69, 9.17) is 10.00 Å². The molecule has 0 atom stereocenters. The van der Waals surface area contributed by atoms with Crippen molar-refractivity contribution in [2.75, 3.05) is 6.61 Å². The molecule has 0 amide bonds. The molecule has 0 bridgehead atoms. The lowest BCUT2D eigenvalue weighted by molar-refractivity contribution is -0.385. The van der Waals surface area contributed by atoms with Crippen molar-refractivity contribution in [1.29, 1.82) is 5.26 Å². The largest absolute Gasteiger partial charge is 0.466 e. The first-order valence-electron chi connectivity index (χ1n) is 5.45. The Morgan fingerprint density at radius 2 is 2.26 bits per heavy atom. The van der Waals surface area contributed by atoms with Crippen LogP contribution in [0.2, 0.25) is 0 Å². The van der Waals surface area contributed by atoms with Crippen LogP contribution in [0.25, 0.3) is 0 Å². The first-order chi connectivity index (χ1) is 9.03. The predicted molar refractivity (Wildman–Crippen MR) is 70.8 cm³/mol. The molecule has 1 aromatic rings. The predicted octanol–water partition coefficient (Wildman–Crippen LogP) is 2.47. The number of halogens is 1. The topological polar surface area (TPSA) is 93.2 Å². The molecule has 0 saturated heterocycles. The van der Waals surface area contributed by atoms with Crippen LogP contribution in [0.15, 0.2) is 12.1 Å². The number of nitro groups is 1. The van der Waals surface area contributed by atoms with E-state index in [2.05, 4.69) is 15.9 Å². The van der Waals surface area contributed by atoms with Gasteiger partial charge in [0, 0.05) is 17.0 Å². The molecule has 0 aliphatic carbocycles. The minimum absolute atomic E-state index is 0.0921. The summed E-state index contributed by atoms with van der Waals surface area (Å²) in [6, 6.07) is 4.52. The van der Waals surface area contributed by atoms with Crippen molar-refractivity contribution < 1.29 is 14.5 Å². The van der Waals surface area contributed by atoms with E-state index in [1.165, 1.54) is 12.1 Å². The SMILES string of the molecule is CCOC(=O)Cc1cc(C#N)cc([N+](=O)[O-])c1CBr. The summed E-state index contributed by atoms with van der Waals surface area (Å²) in [6.45, 7) is 1.92. The highest BCUT2D eigenvalue weighted by atomic mass is 79.9. The van der Waals surface area contributed by atoms with E-state index in [-0.39, 0.29) is 29.6 Å². The van der Waals surface area contributed by atoms with Crippen LogP contribution < -0.4 is 0 Å². The number of esters is 1. The molecule has 0 aliphatic heterocycles. The molecule has 100 valence electrons. The van der Waals surface area contributed by atoms with Crippen LogP contribution in [-0.2, 0) is 21.3 Å². The minimum Gasteiger partial charge on any atom is -0.466 e. The highest BCUT2D eigenvalue weighted by Crippen LogP contribution is 2.27. The lowest BCUT2D eigenvalue weighted by Crippen LogP contribution is -2.10. The maximum atomic E-state index is 11.5. The number of ether oxygens (including phenoxy) is 1. The molecule has 0 heterocycles. The maximum absolute atomic E-state index is 11.5. The fourth-order valence-electron chi connectivity index (χ4n) is 1.62. The van der Waals surface area contributed by atoms with Crippen molar-refractivity contribution >= 4 is 27.6 Å². The summed E-state index contributed by atoms with van der Waals surface area (Å²) in [4.78, 5) is 21.9. The van der Waals surface area contributed by atoms with Crippen LogP contribution in [0, 0.1) is 21.4 Å². The van der Waals surface area contributed by atoms with Gasteiger partial charge in [0.15, 0.2) is 0 Å². The van der Waals surface area contributed by atoms with Gasteiger partial charge in [-0.25, -0.2) is 0 Å². The zero-order valence-corrected chi connectivity index (χ0v) is 11.8. The third-order valence-electron chi connectivity index (χ3n) is 2.42. The molecule has 0 unspecified atom stereocenters. The molecule has 0 aromatic heterocycles. The molecule has 19 heavy (non-hydrogen) atoms. The Hall–Kier alpha value is -1.94. The van der Waals surface area contributed by atoms with E-state index < -0.39 is 10.9 Å². The number of carbonyl (C=O) groups is 1. The van der Waals surface area contributed by atoms with Crippen LogP contribution in [0.5, 0.6) is 0 Å². The highest BCUT2D eigenvalue weighted by molar-refractivity contribution is 9.08. The first kappa shape index (κ1) is 15.1. The number of hydrogen-bond donors (Lipinski definition) is 0. The van der Waals surface area contributed by atoms with Crippen molar-refractivity contribution in [2.24, 2.45) is 0 Å². The van der Waals surface area contributed by atoms with E-state index in [1.807, 2.05) is 6.07 Å². The zero-order chi connectivity index (χ0) is 14.4. The first-order valence-corrected chi connectivity index (χ1v) is 6.57. The summed E-state index contributed by atoms with van der Waals surface area (Å²) in [6.07, 6.45) is -0.0921. The molecule has 0 N–H and O–H groups in total. The van der Waals surface area contributed by atoms with E-state index in [0.29, 0.717) is 11.1 Å². The second-order valence-corrected chi connectivity index (χ2v) is 4.18. The van der Waals surface area contributed by atoms with Gasteiger partial charge in [-0.3, -0.25) is 14.9 Å². The zero-order valence-electron chi connectivity index (χ0n) is 10.2. The molecular weight excluding hydrogens is 316 g/mol. The number of nitriles is 1. The van der Waals surface area contributed by atoms with Gasteiger partial charge < -0.3 is 4.74 Å². The third-order valence-corrected chi connectivity index (χ3v) is 2.98. The highest BCUT2D eigenvalue weighted by Gasteiger charge is 2.20. The van der Waals surface area contributed by atoms with Gasteiger partial charge in [-0.15, -0.1) is 0 Å². The normalized spacial score (nSPS) is 9.74. The van der Waals surface area contributed by atoms with Gasteiger partial charge >= 0.3 is 5.97 Å². The quantitative estimate of drug-likeness (QED) is 0.358. The fourth-order valence-corrected chi connectivity index (χ4v) is 2.27. The minimum atomic E-state index is -0.563. The van der Waals surface area contributed by atoms with Gasteiger partial charge in [-0.05, 0) is 18.6 Å². The lowest BCUT2D eigenvalue weighted by Gasteiger charge is -2.08. The molecule has 0 fully saturated rings. The van der Waals surface area contributed by atoms with Gasteiger partial charge in [0.25, 0.3) is 5.69 Å². The second kappa shape index (κ2) is 6.85. The number of carbonyl (C=O) groups excluding carboxylic acids is 1. The summed E-state index contributed by atoms with van der Waals surface area (Å²) in [7, 11) is 0. The van der Waals surface area contributed by atoms with E-state index in [9.17, 15) is 14.9 Å². The Morgan fingerprint density at radius 3 is 2.74 bits per heavy atom. The molecule has 1 rings (SSSR count). The summed E-state index contributed by atoms with van der Waals surface area (Å²) in [5.74, 6) is -0.478. The van der Waals surface area contributed by atoms with Crippen LogP contribution in [0.1, 0.15) is 23.6 Å². The molecule has 0 aliphatic rings. The molecular formula is C12H11BrN2O4. The number of benzene rings is 1. The van der Waals surface area contributed by atoms with Gasteiger partial charge in [0.1, 0.15) is 0 Å². The number of rotatable bonds is 5. The van der Waals surface area contributed by atoms with Crippen molar-refractivity contribution in [2.45, 2.75) is 18.7 Å². The Kier molecular flexibility index (Phi) is 5.45. The Balaban J connectivity index is 3.28. The third kappa shape index (κ3) is 3.76. The Bertz CT molecular complexity index is 551. The van der Waals surface area contributed by atoms with E-state index in [0.717, 1.165) is 0 Å². The molecule has 0 radical (unpaired) electrons. The molecule has 0 saturated carbocycles.